The quantitative estimate of drug-likeness (QED) is 0.664. The molecule has 0 aliphatic rings. The summed E-state index contributed by atoms with van der Waals surface area (Å²) in [6.07, 6.45) is 0. The number of carbonyl (C=O) groups excluding carboxylic acids is 1. The van der Waals surface area contributed by atoms with Gasteiger partial charge >= 0.3 is 0 Å². The fourth-order valence-electron chi connectivity index (χ4n) is 2.29. The van der Waals surface area contributed by atoms with Crippen LogP contribution in [0.5, 0.6) is 0 Å². The zero-order valence-corrected chi connectivity index (χ0v) is 15.2. The third-order valence-corrected chi connectivity index (χ3v) is 4.63. The van der Waals surface area contributed by atoms with Gasteiger partial charge in [-0.15, -0.1) is 10.2 Å². The van der Waals surface area contributed by atoms with Gasteiger partial charge in [0.1, 0.15) is 5.82 Å². The highest BCUT2D eigenvalue weighted by atomic mass is 32.2. The summed E-state index contributed by atoms with van der Waals surface area (Å²) < 4.78 is 18.5. The van der Waals surface area contributed by atoms with Crippen LogP contribution < -0.4 is 5.32 Å². The maximum atomic E-state index is 12.9. The van der Waals surface area contributed by atoms with E-state index < -0.39 is 5.25 Å². The second-order valence-electron chi connectivity index (χ2n) is 5.85. The van der Waals surface area contributed by atoms with E-state index in [1.165, 1.54) is 23.9 Å². The van der Waals surface area contributed by atoms with Gasteiger partial charge in [-0.25, -0.2) is 4.39 Å². The first kappa shape index (κ1) is 18.1. The smallest absolute Gasteiger partial charge is 0.277 e. The van der Waals surface area contributed by atoms with E-state index in [0.29, 0.717) is 17.7 Å². The molecule has 0 bridgehead atoms. The predicted octanol–water partition coefficient (Wildman–Crippen LogP) is 3.98. The van der Waals surface area contributed by atoms with Gasteiger partial charge < -0.3 is 9.73 Å². The van der Waals surface area contributed by atoms with Crippen molar-refractivity contribution in [2.45, 2.75) is 30.9 Å². The van der Waals surface area contributed by atoms with Crippen molar-refractivity contribution in [2.75, 3.05) is 0 Å². The first-order valence-electron chi connectivity index (χ1n) is 8.10. The minimum absolute atomic E-state index is 0.158. The largest absolute Gasteiger partial charge is 0.411 e. The molecule has 0 saturated heterocycles. The molecule has 1 aromatic heterocycles. The minimum atomic E-state index is -0.402. The first-order chi connectivity index (χ1) is 12.5. The van der Waals surface area contributed by atoms with E-state index in [1.54, 1.807) is 19.1 Å². The number of benzene rings is 2. The molecule has 134 valence electrons. The molecule has 3 aromatic rings. The van der Waals surface area contributed by atoms with Crippen molar-refractivity contribution >= 4 is 17.7 Å². The van der Waals surface area contributed by atoms with Crippen molar-refractivity contribution in [3.8, 4) is 11.5 Å². The lowest BCUT2D eigenvalue weighted by atomic mass is 10.1. The molecule has 0 radical (unpaired) electrons. The van der Waals surface area contributed by atoms with Gasteiger partial charge in [0, 0.05) is 12.1 Å². The summed E-state index contributed by atoms with van der Waals surface area (Å²) in [5, 5.41) is 10.8. The molecule has 5 nitrogen and oxygen atoms in total. The zero-order chi connectivity index (χ0) is 18.5. The first-order valence-corrected chi connectivity index (χ1v) is 8.98. The van der Waals surface area contributed by atoms with Crippen molar-refractivity contribution < 1.29 is 13.6 Å². The number of rotatable bonds is 6. The number of halogens is 1. The zero-order valence-electron chi connectivity index (χ0n) is 14.4. The van der Waals surface area contributed by atoms with Crippen LogP contribution in [0.2, 0.25) is 0 Å². The summed E-state index contributed by atoms with van der Waals surface area (Å²) in [4.78, 5) is 12.2. The van der Waals surface area contributed by atoms with Crippen LogP contribution in [0.1, 0.15) is 18.1 Å². The number of aromatic nitrogens is 2. The highest BCUT2D eigenvalue weighted by Crippen LogP contribution is 2.26. The van der Waals surface area contributed by atoms with E-state index in [0.717, 1.165) is 16.7 Å². The van der Waals surface area contributed by atoms with Crippen LogP contribution in [0.4, 0.5) is 4.39 Å². The molecule has 1 heterocycles. The van der Waals surface area contributed by atoms with Crippen molar-refractivity contribution in [3.63, 3.8) is 0 Å². The molecular formula is C19H18FN3O2S. The lowest BCUT2D eigenvalue weighted by Gasteiger charge is -2.09. The number of thioether (sulfide) groups is 1. The van der Waals surface area contributed by atoms with Crippen LogP contribution in [0.3, 0.4) is 0 Å². The third-order valence-electron chi connectivity index (χ3n) is 3.70. The number of aryl methyl sites for hydroxylation is 1. The molecule has 0 aliphatic carbocycles. The van der Waals surface area contributed by atoms with Gasteiger partial charge in [-0.1, -0.05) is 41.6 Å². The van der Waals surface area contributed by atoms with Gasteiger partial charge in [0.25, 0.3) is 5.22 Å². The number of nitrogens with one attached hydrogen (secondary N) is 1. The van der Waals surface area contributed by atoms with Gasteiger partial charge in [-0.2, -0.15) is 0 Å². The van der Waals surface area contributed by atoms with Gasteiger partial charge in [-0.05, 0) is 43.7 Å². The number of carbonyl (C=O) groups is 1. The molecule has 26 heavy (non-hydrogen) atoms. The molecule has 0 saturated carbocycles. The van der Waals surface area contributed by atoms with Crippen molar-refractivity contribution in [1.82, 2.24) is 15.5 Å². The van der Waals surface area contributed by atoms with E-state index in [1.807, 2.05) is 31.2 Å². The SMILES string of the molecule is Cc1cccc(-c2nnc(S[C@H](C)C(=O)NCc3ccc(F)cc3)o2)c1. The average molecular weight is 371 g/mol. The summed E-state index contributed by atoms with van der Waals surface area (Å²) in [5.41, 5.74) is 2.78. The van der Waals surface area contributed by atoms with E-state index in [4.69, 9.17) is 4.42 Å². The second-order valence-corrected chi connectivity index (χ2v) is 7.14. The standard InChI is InChI=1S/C19H18FN3O2S/c1-12-4-3-5-15(10-12)18-22-23-19(25-18)26-13(2)17(24)21-11-14-6-8-16(20)9-7-14/h3-10,13H,11H2,1-2H3,(H,21,24)/t13-/m1/s1. The maximum absolute atomic E-state index is 12.9. The Morgan fingerprint density at radius 3 is 2.73 bits per heavy atom. The molecule has 1 N–H and O–H groups in total. The Labute approximate surface area is 155 Å². The summed E-state index contributed by atoms with van der Waals surface area (Å²) in [7, 11) is 0. The molecule has 0 aliphatic heterocycles. The highest BCUT2D eigenvalue weighted by Gasteiger charge is 2.18. The van der Waals surface area contributed by atoms with Crippen molar-refractivity contribution in [1.29, 1.82) is 0 Å². The Morgan fingerprint density at radius 1 is 1.23 bits per heavy atom. The molecular weight excluding hydrogens is 353 g/mol. The van der Waals surface area contributed by atoms with Gasteiger partial charge in [-0.3, -0.25) is 4.79 Å². The van der Waals surface area contributed by atoms with E-state index >= 15 is 0 Å². The second kappa shape index (κ2) is 8.14. The fourth-order valence-corrected chi connectivity index (χ4v) is 3.00. The Kier molecular flexibility index (Phi) is 5.68. The predicted molar refractivity (Wildman–Crippen MR) is 98.0 cm³/mol. The Morgan fingerprint density at radius 2 is 2.00 bits per heavy atom. The summed E-state index contributed by atoms with van der Waals surface area (Å²) >= 11 is 1.20. The van der Waals surface area contributed by atoms with Crippen LogP contribution >= 0.6 is 11.8 Å². The molecule has 1 amide bonds. The van der Waals surface area contributed by atoms with Gasteiger partial charge in [0.05, 0.1) is 5.25 Å². The average Bonchev–Trinajstić information content (AvgIpc) is 3.09. The number of hydrogen-bond acceptors (Lipinski definition) is 5. The number of hydrogen-bond donors (Lipinski definition) is 1. The summed E-state index contributed by atoms with van der Waals surface area (Å²) in [6.45, 7) is 4.09. The highest BCUT2D eigenvalue weighted by molar-refractivity contribution is 8.00. The van der Waals surface area contributed by atoms with Crippen LogP contribution in [-0.4, -0.2) is 21.4 Å². The minimum Gasteiger partial charge on any atom is -0.411 e. The lowest BCUT2D eigenvalue weighted by molar-refractivity contribution is -0.120. The molecule has 7 heteroatoms. The Bertz CT molecular complexity index is 896. The summed E-state index contributed by atoms with van der Waals surface area (Å²) in [6, 6.07) is 13.8. The number of amides is 1. The van der Waals surface area contributed by atoms with E-state index in [2.05, 4.69) is 15.5 Å². The molecule has 1 atom stereocenters. The molecule has 0 spiro atoms. The van der Waals surface area contributed by atoms with E-state index in [-0.39, 0.29) is 11.7 Å². The van der Waals surface area contributed by atoms with Crippen LogP contribution in [-0.2, 0) is 11.3 Å². The van der Waals surface area contributed by atoms with Crippen LogP contribution in [0, 0.1) is 12.7 Å². The topological polar surface area (TPSA) is 68.0 Å². The molecule has 3 rings (SSSR count). The number of nitrogens with zero attached hydrogens (tertiary/aromatic N) is 2. The van der Waals surface area contributed by atoms with E-state index in [9.17, 15) is 9.18 Å². The monoisotopic (exact) mass is 371 g/mol. The Hall–Kier alpha value is -2.67. The molecule has 0 fully saturated rings. The maximum Gasteiger partial charge on any atom is 0.277 e. The molecule has 0 unspecified atom stereocenters. The molecule has 2 aromatic carbocycles. The van der Waals surface area contributed by atoms with Crippen molar-refractivity contribution in [3.05, 3.63) is 65.5 Å². The Balaban J connectivity index is 1.56. The van der Waals surface area contributed by atoms with Crippen LogP contribution in [0.15, 0.2) is 58.2 Å². The van der Waals surface area contributed by atoms with Gasteiger partial charge in [0.15, 0.2) is 0 Å². The van der Waals surface area contributed by atoms with Gasteiger partial charge in [0.2, 0.25) is 11.8 Å². The van der Waals surface area contributed by atoms with Crippen molar-refractivity contribution in [2.24, 2.45) is 0 Å². The summed E-state index contributed by atoms with van der Waals surface area (Å²) in [5.74, 6) is -0.0328. The fraction of sp³-hybridized carbons (Fsp3) is 0.211. The lowest BCUT2D eigenvalue weighted by Crippen LogP contribution is -2.30. The van der Waals surface area contributed by atoms with Crippen LogP contribution in [0.25, 0.3) is 11.5 Å². The third kappa shape index (κ3) is 4.70. The normalized spacial score (nSPS) is 12.0.